The molecule has 32 heavy (non-hydrogen) atoms. The van der Waals surface area contributed by atoms with Crippen LogP contribution in [-0.2, 0) is 11.2 Å². The molecule has 1 amide bonds. The molecule has 0 heterocycles. The molecule has 0 aliphatic carbocycles. The molecule has 0 unspecified atom stereocenters. The van der Waals surface area contributed by atoms with E-state index >= 15 is 0 Å². The third-order valence-electron chi connectivity index (χ3n) is 5.76. The van der Waals surface area contributed by atoms with Crippen LogP contribution in [0.1, 0.15) is 109 Å². The molecule has 0 bridgehead atoms. The number of allylic oxidation sites excluding steroid dienone is 1. The van der Waals surface area contributed by atoms with E-state index in [0.29, 0.717) is 19.6 Å². The van der Waals surface area contributed by atoms with Crippen LogP contribution in [0.25, 0.3) is 0 Å². The first-order valence-corrected chi connectivity index (χ1v) is 13.1. The van der Waals surface area contributed by atoms with Crippen LogP contribution in [0, 0.1) is 0 Å². The number of hydrogen-bond acceptors (Lipinski definition) is 3. The fraction of sp³-hybridized carbons (Fsp3) is 0.679. The lowest BCUT2D eigenvalue weighted by molar-refractivity contribution is -0.119. The first kappa shape index (κ1) is 28.2. The van der Waals surface area contributed by atoms with Gasteiger partial charge in [-0.1, -0.05) is 109 Å². The molecule has 0 saturated carbocycles. The summed E-state index contributed by atoms with van der Waals surface area (Å²) >= 11 is 0. The SMILES string of the molecule is CCCCCCCCCCCCCCCC/C=C/NC(=O)Cc1ccc(OCCN)cc1. The second-order valence-electron chi connectivity index (χ2n) is 8.81. The molecule has 0 radical (unpaired) electrons. The Morgan fingerprint density at radius 2 is 1.38 bits per heavy atom. The van der Waals surface area contributed by atoms with Gasteiger partial charge in [0.2, 0.25) is 5.91 Å². The molecule has 1 aromatic carbocycles. The van der Waals surface area contributed by atoms with E-state index in [9.17, 15) is 4.79 Å². The highest BCUT2D eigenvalue weighted by Crippen LogP contribution is 2.14. The van der Waals surface area contributed by atoms with E-state index in [-0.39, 0.29) is 5.91 Å². The van der Waals surface area contributed by atoms with Crippen LogP contribution >= 0.6 is 0 Å². The second-order valence-corrected chi connectivity index (χ2v) is 8.81. The zero-order valence-electron chi connectivity index (χ0n) is 20.6. The van der Waals surface area contributed by atoms with Crippen molar-refractivity contribution in [2.45, 2.75) is 110 Å². The Morgan fingerprint density at radius 1 is 0.844 bits per heavy atom. The minimum Gasteiger partial charge on any atom is -0.492 e. The maximum atomic E-state index is 12.0. The molecule has 0 aliphatic rings. The molecule has 1 aromatic rings. The van der Waals surface area contributed by atoms with E-state index in [1.807, 2.05) is 24.3 Å². The van der Waals surface area contributed by atoms with E-state index in [1.165, 1.54) is 89.9 Å². The Kier molecular flexibility index (Phi) is 18.6. The summed E-state index contributed by atoms with van der Waals surface area (Å²) in [4.78, 5) is 12.0. The summed E-state index contributed by atoms with van der Waals surface area (Å²) < 4.78 is 5.45. The van der Waals surface area contributed by atoms with Crippen molar-refractivity contribution in [3.63, 3.8) is 0 Å². The quantitative estimate of drug-likeness (QED) is 0.199. The molecule has 4 heteroatoms. The van der Waals surface area contributed by atoms with Crippen LogP contribution in [0.15, 0.2) is 36.5 Å². The molecular weight excluding hydrogens is 396 g/mol. The van der Waals surface area contributed by atoms with Gasteiger partial charge in [0.1, 0.15) is 12.4 Å². The minimum atomic E-state index is 0.0119. The standard InChI is InChI=1S/C28H48N2O2/c1-2-3-4-5-6-7-8-9-10-11-12-13-14-15-16-17-23-30-28(31)25-26-18-20-27(21-19-26)32-24-22-29/h17-21,23H,2-16,22,24-25,29H2,1H3,(H,30,31)/b23-17+. The molecule has 1 rings (SSSR count). The van der Waals surface area contributed by atoms with Crippen molar-refractivity contribution in [2.75, 3.05) is 13.2 Å². The van der Waals surface area contributed by atoms with Gasteiger partial charge in [0, 0.05) is 6.54 Å². The first-order valence-electron chi connectivity index (χ1n) is 13.1. The number of nitrogens with one attached hydrogen (secondary N) is 1. The molecule has 0 aliphatic heterocycles. The minimum absolute atomic E-state index is 0.0119. The van der Waals surface area contributed by atoms with E-state index in [4.69, 9.17) is 10.5 Å². The number of rotatable bonds is 21. The average Bonchev–Trinajstić information content (AvgIpc) is 2.80. The summed E-state index contributed by atoms with van der Waals surface area (Å²) in [6, 6.07) is 7.60. The van der Waals surface area contributed by atoms with Gasteiger partial charge in [0.15, 0.2) is 0 Å². The van der Waals surface area contributed by atoms with Gasteiger partial charge in [0.05, 0.1) is 6.42 Å². The normalized spacial score (nSPS) is 11.2. The fourth-order valence-electron chi connectivity index (χ4n) is 3.81. The molecule has 3 N–H and O–H groups in total. The van der Waals surface area contributed by atoms with Crippen molar-refractivity contribution in [1.82, 2.24) is 5.32 Å². The lowest BCUT2D eigenvalue weighted by Gasteiger charge is -2.05. The third kappa shape index (κ3) is 16.8. The Bertz CT molecular complexity index is 584. The number of nitrogens with two attached hydrogens (primary N) is 1. The topological polar surface area (TPSA) is 64.3 Å². The Morgan fingerprint density at radius 3 is 1.91 bits per heavy atom. The molecule has 4 nitrogen and oxygen atoms in total. The van der Waals surface area contributed by atoms with Gasteiger partial charge in [-0.15, -0.1) is 0 Å². The van der Waals surface area contributed by atoms with E-state index in [2.05, 4.69) is 18.3 Å². The highest BCUT2D eigenvalue weighted by molar-refractivity contribution is 5.79. The number of benzene rings is 1. The number of unbranched alkanes of at least 4 members (excludes halogenated alkanes) is 14. The monoisotopic (exact) mass is 444 g/mol. The average molecular weight is 445 g/mol. The summed E-state index contributed by atoms with van der Waals surface area (Å²) in [5, 5.41) is 2.86. The highest BCUT2D eigenvalue weighted by atomic mass is 16.5. The van der Waals surface area contributed by atoms with Crippen LogP contribution in [0.3, 0.4) is 0 Å². The van der Waals surface area contributed by atoms with Gasteiger partial charge in [-0.05, 0) is 36.7 Å². The molecule has 0 aromatic heterocycles. The van der Waals surface area contributed by atoms with Crippen molar-refractivity contribution >= 4 is 5.91 Å². The summed E-state index contributed by atoms with van der Waals surface area (Å²) in [5.74, 6) is 0.797. The lowest BCUT2D eigenvalue weighted by atomic mass is 10.0. The molecule has 0 fully saturated rings. The molecular formula is C28H48N2O2. The number of carbonyl (C=O) groups excluding carboxylic acids is 1. The van der Waals surface area contributed by atoms with E-state index in [1.54, 1.807) is 6.20 Å². The third-order valence-corrected chi connectivity index (χ3v) is 5.76. The smallest absolute Gasteiger partial charge is 0.228 e. The molecule has 0 saturated heterocycles. The maximum absolute atomic E-state index is 12.0. The molecule has 0 atom stereocenters. The van der Waals surface area contributed by atoms with Gasteiger partial charge < -0.3 is 15.8 Å². The highest BCUT2D eigenvalue weighted by Gasteiger charge is 2.02. The van der Waals surface area contributed by atoms with Gasteiger partial charge in [0.25, 0.3) is 0 Å². The second kappa shape index (κ2) is 21.1. The number of amides is 1. The van der Waals surface area contributed by atoms with Crippen molar-refractivity contribution in [1.29, 1.82) is 0 Å². The van der Waals surface area contributed by atoms with Crippen molar-refractivity contribution < 1.29 is 9.53 Å². The first-order chi connectivity index (χ1) is 15.8. The van der Waals surface area contributed by atoms with Crippen LogP contribution in [0.4, 0.5) is 0 Å². The van der Waals surface area contributed by atoms with Crippen molar-refractivity contribution in [3.8, 4) is 5.75 Å². The maximum Gasteiger partial charge on any atom is 0.228 e. The molecule has 182 valence electrons. The summed E-state index contributed by atoms with van der Waals surface area (Å²) in [6.07, 6.45) is 24.6. The van der Waals surface area contributed by atoms with Crippen LogP contribution in [0.2, 0.25) is 0 Å². The Hall–Kier alpha value is -1.81. The zero-order chi connectivity index (χ0) is 23.1. The van der Waals surface area contributed by atoms with Gasteiger partial charge in [-0.25, -0.2) is 0 Å². The predicted molar refractivity (Wildman–Crippen MR) is 137 cm³/mol. The van der Waals surface area contributed by atoms with Crippen LogP contribution in [-0.4, -0.2) is 19.1 Å². The summed E-state index contributed by atoms with van der Waals surface area (Å²) in [7, 11) is 0. The molecule has 0 spiro atoms. The van der Waals surface area contributed by atoms with E-state index in [0.717, 1.165) is 17.7 Å². The predicted octanol–water partition coefficient (Wildman–Crippen LogP) is 7.07. The van der Waals surface area contributed by atoms with Gasteiger partial charge in [-0.3, -0.25) is 4.79 Å². The van der Waals surface area contributed by atoms with E-state index < -0.39 is 0 Å². The lowest BCUT2D eigenvalue weighted by Crippen LogP contribution is -2.19. The Labute approximate surface area is 197 Å². The van der Waals surface area contributed by atoms with Gasteiger partial charge in [-0.2, -0.15) is 0 Å². The fourth-order valence-corrected chi connectivity index (χ4v) is 3.81. The number of ether oxygens (including phenoxy) is 1. The number of hydrogen-bond donors (Lipinski definition) is 2. The number of carbonyl (C=O) groups is 1. The van der Waals surface area contributed by atoms with Crippen molar-refractivity contribution in [3.05, 3.63) is 42.1 Å². The van der Waals surface area contributed by atoms with Crippen LogP contribution < -0.4 is 15.8 Å². The zero-order valence-corrected chi connectivity index (χ0v) is 20.6. The Balaban J connectivity index is 1.89. The largest absolute Gasteiger partial charge is 0.492 e. The summed E-state index contributed by atoms with van der Waals surface area (Å²) in [5.41, 5.74) is 6.40. The van der Waals surface area contributed by atoms with Crippen molar-refractivity contribution in [2.24, 2.45) is 5.73 Å². The summed E-state index contributed by atoms with van der Waals surface area (Å²) in [6.45, 7) is 3.28. The van der Waals surface area contributed by atoms with Gasteiger partial charge >= 0.3 is 0 Å². The van der Waals surface area contributed by atoms with Crippen LogP contribution in [0.5, 0.6) is 5.75 Å².